The van der Waals surface area contributed by atoms with Crippen LogP contribution in [0.4, 0.5) is 0 Å². The Morgan fingerprint density at radius 1 is 1.31 bits per heavy atom. The van der Waals surface area contributed by atoms with Crippen LogP contribution in [0.1, 0.15) is 34.1 Å². The van der Waals surface area contributed by atoms with Crippen LogP contribution in [-0.4, -0.2) is 17.3 Å². The lowest BCUT2D eigenvalue weighted by atomic mass is 10.0. The lowest BCUT2D eigenvalue weighted by Gasteiger charge is -2.04. The first-order valence-electron chi connectivity index (χ1n) is 4.69. The molecule has 3 heteroatoms. The summed E-state index contributed by atoms with van der Waals surface area (Å²) >= 11 is 3.26. The standard InChI is InChI=1S/C10H18BrNO/c1-9(2)8(10(9,3)4)12-7(13)5-6-11/h8H,5-6H2,1-4H3,(H,12,13). The zero-order valence-electron chi connectivity index (χ0n) is 8.78. The Morgan fingerprint density at radius 3 is 2.08 bits per heavy atom. The number of halogens is 1. The Kier molecular flexibility index (Phi) is 2.77. The Labute approximate surface area is 88.6 Å². The molecular formula is C10H18BrNO. The van der Waals surface area contributed by atoms with Gasteiger partial charge < -0.3 is 5.32 Å². The maximum absolute atomic E-state index is 11.3. The summed E-state index contributed by atoms with van der Waals surface area (Å²) in [4.78, 5) is 11.3. The van der Waals surface area contributed by atoms with E-state index in [4.69, 9.17) is 0 Å². The highest BCUT2D eigenvalue weighted by atomic mass is 79.9. The smallest absolute Gasteiger partial charge is 0.221 e. The number of hydrogen-bond acceptors (Lipinski definition) is 1. The van der Waals surface area contributed by atoms with Gasteiger partial charge in [-0.1, -0.05) is 43.6 Å². The SMILES string of the molecule is CC1(C)C(NC(=O)CCBr)C1(C)C. The minimum Gasteiger partial charge on any atom is -0.352 e. The molecule has 1 saturated carbocycles. The Balaban J connectivity index is 2.46. The Morgan fingerprint density at radius 2 is 1.77 bits per heavy atom. The topological polar surface area (TPSA) is 29.1 Å². The zero-order chi connectivity index (χ0) is 10.3. The molecule has 1 amide bonds. The molecule has 0 aromatic carbocycles. The summed E-state index contributed by atoms with van der Waals surface area (Å²) < 4.78 is 0. The van der Waals surface area contributed by atoms with Gasteiger partial charge in [0.15, 0.2) is 0 Å². The highest BCUT2D eigenvalue weighted by Gasteiger charge is 2.65. The van der Waals surface area contributed by atoms with Crippen molar-refractivity contribution in [3.05, 3.63) is 0 Å². The Bertz CT molecular complexity index is 209. The van der Waals surface area contributed by atoms with Crippen LogP contribution in [-0.2, 0) is 4.79 Å². The van der Waals surface area contributed by atoms with Crippen LogP contribution in [0.3, 0.4) is 0 Å². The van der Waals surface area contributed by atoms with Crippen molar-refractivity contribution in [1.82, 2.24) is 5.32 Å². The van der Waals surface area contributed by atoms with Crippen molar-refractivity contribution in [3.63, 3.8) is 0 Å². The monoisotopic (exact) mass is 247 g/mol. The van der Waals surface area contributed by atoms with Crippen LogP contribution in [0.15, 0.2) is 0 Å². The van der Waals surface area contributed by atoms with Gasteiger partial charge in [-0.25, -0.2) is 0 Å². The van der Waals surface area contributed by atoms with E-state index in [0.717, 1.165) is 5.33 Å². The molecule has 0 spiro atoms. The van der Waals surface area contributed by atoms with E-state index < -0.39 is 0 Å². The molecule has 0 radical (unpaired) electrons. The molecule has 76 valence electrons. The highest BCUT2D eigenvalue weighted by Crippen LogP contribution is 2.62. The minimum atomic E-state index is 0.153. The van der Waals surface area contributed by atoms with E-state index in [-0.39, 0.29) is 16.7 Å². The van der Waals surface area contributed by atoms with Gasteiger partial charge in [0.2, 0.25) is 5.91 Å². The molecule has 0 aromatic rings. The third-order valence-corrected chi connectivity index (χ3v) is 4.04. The second-order valence-electron chi connectivity index (χ2n) is 4.88. The van der Waals surface area contributed by atoms with E-state index in [2.05, 4.69) is 48.9 Å². The van der Waals surface area contributed by atoms with E-state index in [1.165, 1.54) is 0 Å². The molecule has 1 rings (SSSR count). The van der Waals surface area contributed by atoms with Crippen molar-refractivity contribution in [3.8, 4) is 0 Å². The molecule has 1 aliphatic rings. The van der Waals surface area contributed by atoms with E-state index >= 15 is 0 Å². The number of nitrogens with one attached hydrogen (secondary N) is 1. The summed E-state index contributed by atoms with van der Waals surface area (Å²) in [5.41, 5.74) is 0.490. The van der Waals surface area contributed by atoms with E-state index in [9.17, 15) is 4.79 Å². The fourth-order valence-corrected chi connectivity index (χ4v) is 2.24. The molecular weight excluding hydrogens is 230 g/mol. The average Bonchev–Trinajstić information content (AvgIpc) is 2.33. The minimum absolute atomic E-state index is 0.153. The van der Waals surface area contributed by atoms with Crippen LogP contribution in [0, 0.1) is 10.8 Å². The molecule has 0 bridgehead atoms. The number of carbonyl (C=O) groups is 1. The van der Waals surface area contributed by atoms with Crippen molar-refractivity contribution in [1.29, 1.82) is 0 Å². The van der Waals surface area contributed by atoms with Crippen molar-refractivity contribution in [2.45, 2.75) is 40.2 Å². The van der Waals surface area contributed by atoms with Crippen LogP contribution in [0.2, 0.25) is 0 Å². The number of rotatable bonds is 3. The number of carbonyl (C=O) groups excluding carboxylic acids is 1. The largest absolute Gasteiger partial charge is 0.352 e. The summed E-state index contributed by atoms with van der Waals surface area (Å²) in [5.74, 6) is 0.153. The maximum atomic E-state index is 11.3. The van der Waals surface area contributed by atoms with Crippen molar-refractivity contribution in [2.75, 3.05) is 5.33 Å². The number of alkyl halides is 1. The summed E-state index contributed by atoms with van der Waals surface area (Å²) in [6.07, 6.45) is 0.572. The van der Waals surface area contributed by atoms with Crippen molar-refractivity contribution in [2.24, 2.45) is 10.8 Å². The van der Waals surface area contributed by atoms with Gasteiger partial charge in [-0.05, 0) is 10.8 Å². The van der Waals surface area contributed by atoms with Crippen LogP contribution < -0.4 is 5.32 Å². The predicted molar refractivity (Wildman–Crippen MR) is 57.9 cm³/mol. The summed E-state index contributed by atoms with van der Waals surface area (Å²) in [6, 6.07) is 0.339. The Hall–Kier alpha value is -0.0500. The molecule has 0 atom stereocenters. The van der Waals surface area contributed by atoms with Gasteiger partial charge >= 0.3 is 0 Å². The van der Waals surface area contributed by atoms with Crippen LogP contribution >= 0.6 is 15.9 Å². The predicted octanol–water partition coefficient (Wildman–Crippen LogP) is 2.32. The molecule has 1 N–H and O–H groups in total. The fourth-order valence-electron chi connectivity index (χ4n) is 1.88. The van der Waals surface area contributed by atoms with E-state index in [1.54, 1.807) is 0 Å². The second kappa shape index (κ2) is 3.26. The van der Waals surface area contributed by atoms with Crippen molar-refractivity contribution >= 4 is 21.8 Å². The first-order chi connectivity index (χ1) is 5.84. The molecule has 13 heavy (non-hydrogen) atoms. The first-order valence-corrected chi connectivity index (χ1v) is 5.81. The molecule has 0 aromatic heterocycles. The van der Waals surface area contributed by atoms with E-state index in [0.29, 0.717) is 12.5 Å². The molecule has 2 nitrogen and oxygen atoms in total. The lowest BCUT2D eigenvalue weighted by molar-refractivity contribution is -0.121. The van der Waals surface area contributed by atoms with Gasteiger partial charge in [0.25, 0.3) is 0 Å². The quantitative estimate of drug-likeness (QED) is 0.763. The molecule has 1 aliphatic carbocycles. The normalized spacial score (nSPS) is 24.1. The van der Waals surface area contributed by atoms with Crippen molar-refractivity contribution < 1.29 is 4.79 Å². The van der Waals surface area contributed by atoms with Gasteiger partial charge in [0.05, 0.1) is 0 Å². The number of amides is 1. The van der Waals surface area contributed by atoms with Crippen LogP contribution in [0.5, 0.6) is 0 Å². The summed E-state index contributed by atoms with van der Waals surface area (Å²) in [5, 5.41) is 3.81. The van der Waals surface area contributed by atoms with Gasteiger partial charge in [-0.15, -0.1) is 0 Å². The summed E-state index contributed by atoms with van der Waals surface area (Å²) in [6.45, 7) is 8.80. The van der Waals surface area contributed by atoms with Crippen LogP contribution in [0.25, 0.3) is 0 Å². The summed E-state index contributed by atoms with van der Waals surface area (Å²) in [7, 11) is 0. The molecule has 0 unspecified atom stereocenters. The van der Waals surface area contributed by atoms with Gasteiger partial charge in [0, 0.05) is 17.8 Å². The zero-order valence-corrected chi connectivity index (χ0v) is 10.4. The third kappa shape index (κ3) is 1.76. The third-order valence-electron chi connectivity index (χ3n) is 3.65. The molecule has 0 saturated heterocycles. The van der Waals surface area contributed by atoms with E-state index in [1.807, 2.05) is 0 Å². The molecule has 1 fully saturated rings. The first kappa shape index (κ1) is 11.0. The fraction of sp³-hybridized carbons (Fsp3) is 0.900. The highest BCUT2D eigenvalue weighted by molar-refractivity contribution is 9.09. The second-order valence-corrected chi connectivity index (χ2v) is 5.68. The molecule has 0 heterocycles. The van der Waals surface area contributed by atoms with Gasteiger partial charge in [-0.3, -0.25) is 4.79 Å². The van der Waals surface area contributed by atoms with Gasteiger partial charge in [0.1, 0.15) is 0 Å². The maximum Gasteiger partial charge on any atom is 0.221 e. The molecule has 0 aliphatic heterocycles. The lowest BCUT2D eigenvalue weighted by Crippen LogP contribution is -2.29. The number of hydrogen-bond donors (Lipinski definition) is 1. The van der Waals surface area contributed by atoms with Gasteiger partial charge in [-0.2, -0.15) is 0 Å². The average molecular weight is 248 g/mol.